The van der Waals surface area contributed by atoms with Crippen LogP contribution in [-0.2, 0) is 0 Å². The molecule has 0 spiro atoms. The molecular weight excluding hydrogens is 221 g/mol. The molecule has 0 unspecified atom stereocenters. The maximum atomic E-state index is 12.4. The van der Waals surface area contributed by atoms with Gasteiger partial charge in [0.1, 0.15) is 6.67 Å². The van der Waals surface area contributed by atoms with Gasteiger partial charge in [0.2, 0.25) is 0 Å². The van der Waals surface area contributed by atoms with Gasteiger partial charge in [0.05, 0.1) is 25.3 Å². The minimum absolute atomic E-state index is 0.294. The summed E-state index contributed by atoms with van der Waals surface area (Å²) in [5.41, 5.74) is 6.07. The van der Waals surface area contributed by atoms with Crippen LogP contribution in [-0.4, -0.2) is 20.9 Å². The molecule has 0 saturated heterocycles. The molecule has 0 bridgehead atoms. The average molecular weight is 234 g/mol. The average Bonchev–Trinajstić information content (AvgIpc) is 2.27. The van der Waals surface area contributed by atoms with Gasteiger partial charge in [0.15, 0.2) is 11.5 Å². The normalized spacial score (nSPS) is 12.3. The smallest absolute Gasteiger partial charge is 0.179 e. The lowest BCUT2D eigenvalue weighted by Gasteiger charge is -2.15. The van der Waals surface area contributed by atoms with Crippen LogP contribution in [0.5, 0.6) is 11.5 Å². The molecule has 0 saturated carbocycles. The first-order chi connectivity index (χ1) is 7.15. The molecular formula is C10H13ClFNO2. The highest BCUT2D eigenvalue weighted by Crippen LogP contribution is 2.39. The monoisotopic (exact) mass is 233 g/mol. The van der Waals surface area contributed by atoms with Crippen LogP contribution in [0.15, 0.2) is 12.1 Å². The quantitative estimate of drug-likeness (QED) is 0.868. The zero-order valence-electron chi connectivity index (χ0n) is 8.59. The number of methoxy groups -OCH3 is 2. The van der Waals surface area contributed by atoms with Crippen molar-refractivity contribution >= 4 is 11.6 Å². The maximum Gasteiger partial charge on any atom is 0.179 e. The summed E-state index contributed by atoms with van der Waals surface area (Å²) in [6, 6.07) is 2.54. The molecule has 3 nitrogen and oxygen atoms in total. The maximum absolute atomic E-state index is 12.4. The zero-order valence-corrected chi connectivity index (χ0v) is 9.34. The summed E-state index contributed by atoms with van der Waals surface area (Å²) >= 11 is 6.01. The number of benzene rings is 1. The van der Waals surface area contributed by atoms with E-state index in [0.29, 0.717) is 22.1 Å². The molecule has 0 fully saturated rings. The highest BCUT2D eigenvalue weighted by molar-refractivity contribution is 6.33. The highest BCUT2D eigenvalue weighted by Gasteiger charge is 2.17. The van der Waals surface area contributed by atoms with Crippen molar-refractivity contribution in [2.24, 2.45) is 5.73 Å². The van der Waals surface area contributed by atoms with Crippen LogP contribution < -0.4 is 15.2 Å². The van der Waals surface area contributed by atoms with Crippen molar-refractivity contribution in [1.29, 1.82) is 0 Å². The lowest BCUT2D eigenvalue weighted by molar-refractivity contribution is 0.353. The van der Waals surface area contributed by atoms with Gasteiger partial charge in [-0.1, -0.05) is 17.7 Å². The van der Waals surface area contributed by atoms with E-state index in [9.17, 15) is 4.39 Å². The highest BCUT2D eigenvalue weighted by atomic mass is 35.5. The summed E-state index contributed by atoms with van der Waals surface area (Å²) in [4.78, 5) is 0. The molecule has 0 amide bonds. The Morgan fingerprint density at radius 1 is 1.40 bits per heavy atom. The predicted molar refractivity (Wildman–Crippen MR) is 57.5 cm³/mol. The molecule has 0 aliphatic carbocycles. The second-order valence-corrected chi connectivity index (χ2v) is 3.34. The first-order valence-electron chi connectivity index (χ1n) is 4.37. The van der Waals surface area contributed by atoms with Crippen molar-refractivity contribution in [3.05, 3.63) is 22.7 Å². The van der Waals surface area contributed by atoms with E-state index in [4.69, 9.17) is 26.8 Å². The summed E-state index contributed by atoms with van der Waals surface area (Å²) in [6.07, 6.45) is 0. The molecule has 0 aliphatic rings. The van der Waals surface area contributed by atoms with Crippen molar-refractivity contribution in [2.45, 2.75) is 6.04 Å². The number of ether oxygens (including phenoxy) is 2. The van der Waals surface area contributed by atoms with Gasteiger partial charge in [-0.2, -0.15) is 0 Å². The van der Waals surface area contributed by atoms with Gasteiger partial charge in [0.25, 0.3) is 0 Å². The predicted octanol–water partition coefficient (Wildman–Crippen LogP) is 2.33. The van der Waals surface area contributed by atoms with Crippen LogP contribution in [0.25, 0.3) is 0 Å². The SMILES string of the molecule is COc1ccc([C@H](N)CF)c(Cl)c1OC. The Kier molecular flexibility index (Phi) is 4.17. The Hall–Kier alpha value is -1.00. The first kappa shape index (κ1) is 12.1. The van der Waals surface area contributed by atoms with E-state index in [1.54, 1.807) is 12.1 Å². The lowest BCUT2D eigenvalue weighted by atomic mass is 10.1. The Morgan fingerprint density at radius 3 is 2.53 bits per heavy atom. The van der Waals surface area contributed by atoms with E-state index >= 15 is 0 Å². The van der Waals surface area contributed by atoms with E-state index in [1.165, 1.54) is 14.2 Å². The van der Waals surface area contributed by atoms with Gasteiger partial charge >= 0.3 is 0 Å². The minimum Gasteiger partial charge on any atom is -0.493 e. The van der Waals surface area contributed by atoms with E-state index in [-0.39, 0.29) is 0 Å². The van der Waals surface area contributed by atoms with Gasteiger partial charge < -0.3 is 15.2 Å². The Balaban J connectivity index is 3.22. The summed E-state index contributed by atoms with van der Waals surface area (Å²) in [5, 5.41) is 0.294. The van der Waals surface area contributed by atoms with Crippen molar-refractivity contribution in [1.82, 2.24) is 0 Å². The Morgan fingerprint density at radius 2 is 2.07 bits per heavy atom. The van der Waals surface area contributed by atoms with E-state index in [2.05, 4.69) is 0 Å². The van der Waals surface area contributed by atoms with Gasteiger partial charge in [-0.25, -0.2) is 4.39 Å². The molecule has 15 heavy (non-hydrogen) atoms. The molecule has 5 heteroatoms. The topological polar surface area (TPSA) is 44.5 Å². The number of alkyl halides is 1. The second kappa shape index (κ2) is 5.19. The number of nitrogens with two attached hydrogens (primary N) is 1. The van der Waals surface area contributed by atoms with Crippen LogP contribution in [0.2, 0.25) is 5.02 Å². The Labute approximate surface area is 92.9 Å². The van der Waals surface area contributed by atoms with Crippen molar-refractivity contribution in [3.63, 3.8) is 0 Å². The number of halogens is 2. The van der Waals surface area contributed by atoms with Crippen LogP contribution >= 0.6 is 11.6 Å². The van der Waals surface area contributed by atoms with Crippen molar-refractivity contribution in [2.75, 3.05) is 20.9 Å². The van der Waals surface area contributed by atoms with E-state index < -0.39 is 12.7 Å². The van der Waals surface area contributed by atoms with Gasteiger partial charge in [-0.05, 0) is 11.6 Å². The van der Waals surface area contributed by atoms with Crippen LogP contribution in [0.3, 0.4) is 0 Å². The number of hydrogen-bond acceptors (Lipinski definition) is 3. The minimum atomic E-state index is -0.739. The van der Waals surface area contributed by atoms with Crippen molar-refractivity contribution < 1.29 is 13.9 Å². The molecule has 0 heterocycles. The number of rotatable bonds is 4. The summed E-state index contributed by atoms with van der Waals surface area (Å²) in [5.74, 6) is 0.873. The zero-order chi connectivity index (χ0) is 11.4. The van der Waals surface area contributed by atoms with Crippen LogP contribution in [0, 0.1) is 0 Å². The molecule has 0 radical (unpaired) electrons. The third kappa shape index (κ3) is 2.33. The molecule has 1 aromatic carbocycles. The largest absolute Gasteiger partial charge is 0.493 e. The molecule has 84 valence electrons. The summed E-state index contributed by atoms with van der Waals surface area (Å²) in [7, 11) is 2.97. The third-order valence-electron chi connectivity index (χ3n) is 2.08. The van der Waals surface area contributed by atoms with Crippen LogP contribution in [0.1, 0.15) is 11.6 Å². The molecule has 1 rings (SSSR count). The molecule has 0 aliphatic heterocycles. The third-order valence-corrected chi connectivity index (χ3v) is 2.47. The fourth-order valence-electron chi connectivity index (χ4n) is 1.27. The van der Waals surface area contributed by atoms with E-state index in [0.717, 1.165) is 0 Å². The molecule has 1 aromatic rings. The first-order valence-corrected chi connectivity index (χ1v) is 4.75. The molecule has 1 atom stereocenters. The van der Waals surface area contributed by atoms with Gasteiger partial charge in [0, 0.05) is 0 Å². The molecule has 0 aromatic heterocycles. The van der Waals surface area contributed by atoms with Gasteiger partial charge in [-0.15, -0.1) is 0 Å². The van der Waals surface area contributed by atoms with Crippen molar-refractivity contribution in [3.8, 4) is 11.5 Å². The number of hydrogen-bond donors (Lipinski definition) is 1. The van der Waals surface area contributed by atoms with Crippen LogP contribution in [0.4, 0.5) is 4.39 Å². The molecule has 2 N–H and O–H groups in total. The Bertz CT molecular complexity index is 346. The fourth-order valence-corrected chi connectivity index (χ4v) is 1.65. The van der Waals surface area contributed by atoms with Gasteiger partial charge in [-0.3, -0.25) is 0 Å². The fraction of sp³-hybridized carbons (Fsp3) is 0.400. The van der Waals surface area contributed by atoms with E-state index in [1.807, 2.05) is 0 Å². The summed E-state index contributed by atoms with van der Waals surface area (Å²) in [6.45, 7) is -0.671. The standard InChI is InChI=1S/C10H13ClFNO2/c1-14-8-4-3-6(7(13)5-12)9(11)10(8)15-2/h3-4,7H,5,13H2,1-2H3/t7-/m1/s1. The lowest BCUT2D eigenvalue weighted by Crippen LogP contribution is -2.13. The summed E-state index contributed by atoms with van der Waals surface area (Å²) < 4.78 is 22.5. The second-order valence-electron chi connectivity index (χ2n) is 2.97.